The molecule has 1 heterocycles. The van der Waals surface area contributed by atoms with Crippen LogP contribution in [0.15, 0.2) is 48.5 Å². The highest BCUT2D eigenvalue weighted by Gasteiger charge is 2.23. The van der Waals surface area contributed by atoms with Crippen molar-refractivity contribution in [3.05, 3.63) is 59.1 Å². The minimum atomic E-state index is -0.127. The average molecular weight is 369 g/mol. The van der Waals surface area contributed by atoms with Gasteiger partial charge in [-0.2, -0.15) is 0 Å². The molecule has 0 fully saturated rings. The molecule has 0 radical (unpaired) electrons. The molecule has 5 heteroatoms. The number of carbonyl (C=O) groups excluding carboxylic acids is 1. The summed E-state index contributed by atoms with van der Waals surface area (Å²) in [6.07, 6.45) is 0.807. The molecule has 3 N–H and O–H groups in total. The van der Waals surface area contributed by atoms with Crippen molar-refractivity contribution in [2.75, 3.05) is 5.32 Å². The Morgan fingerprint density at radius 3 is 2.50 bits per heavy atom. The number of nitrogens with one attached hydrogen (secondary N) is 1. The molecule has 3 aromatic rings. The Bertz CT molecular complexity index is 861. The number of hydrogen-bond donors (Lipinski definition) is 2. The van der Waals surface area contributed by atoms with Gasteiger partial charge < -0.3 is 10.6 Å². The number of benzene rings is 2. The molecule has 0 aliphatic rings. The Balaban J connectivity index is 1.62. The molecular formula is C21H26N3OS+. The number of thiazole rings is 1. The molecule has 0 saturated heterocycles. The second-order valence-electron chi connectivity index (χ2n) is 7.76. The third-order valence-corrected chi connectivity index (χ3v) is 5.11. The normalized spacial score (nSPS) is 12.9. The molecule has 1 amide bonds. The summed E-state index contributed by atoms with van der Waals surface area (Å²) in [5, 5.41) is 6.17. The molecule has 1 aromatic heterocycles. The van der Waals surface area contributed by atoms with Gasteiger partial charge in [-0.1, -0.05) is 24.3 Å². The average Bonchev–Trinajstić information content (AvgIpc) is 2.97. The lowest BCUT2D eigenvalue weighted by Gasteiger charge is -2.21. The fourth-order valence-corrected chi connectivity index (χ4v) is 3.96. The monoisotopic (exact) mass is 368 g/mol. The highest BCUT2D eigenvalue weighted by molar-refractivity contribution is 7.18. The van der Waals surface area contributed by atoms with E-state index in [9.17, 15) is 4.79 Å². The van der Waals surface area contributed by atoms with Gasteiger partial charge in [0.15, 0.2) is 6.04 Å². The number of rotatable bonds is 5. The number of hydrogen-bond acceptors (Lipinski definition) is 3. The molecule has 0 bridgehead atoms. The molecule has 0 spiro atoms. The zero-order chi connectivity index (χ0) is 18.7. The van der Waals surface area contributed by atoms with Crippen LogP contribution in [0.3, 0.4) is 0 Å². The highest BCUT2D eigenvalue weighted by atomic mass is 32.1. The number of nitrogens with zero attached hydrogens (tertiary/aromatic N) is 1. The zero-order valence-corrected chi connectivity index (χ0v) is 16.6. The van der Waals surface area contributed by atoms with Crippen molar-refractivity contribution in [1.82, 2.24) is 4.98 Å². The van der Waals surface area contributed by atoms with Gasteiger partial charge >= 0.3 is 0 Å². The molecule has 4 nitrogen and oxygen atoms in total. The SMILES string of the molecule is C[C@@H]([NH2+]C(C)(C)C)C(=O)Nc1ccc(Cc2nc3ccccc3s2)cc1. The van der Waals surface area contributed by atoms with E-state index in [-0.39, 0.29) is 17.5 Å². The number of carbonyl (C=O) groups is 1. The summed E-state index contributed by atoms with van der Waals surface area (Å²) in [7, 11) is 0. The first-order valence-corrected chi connectivity index (χ1v) is 9.72. The second-order valence-corrected chi connectivity index (χ2v) is 8.87. The first kappa shape index (κ1) is 18.5. The lowest BCUT2D eigenvalue weighted by molar-refractivity contribution is -0.733. The van der Waals surface area contributed by atoms with Crippen LogP contribution in [0.2, 0.25) is 0 Å². The predicted molar refractivity (Wildman–Crippen MR) is 109 cm³/mol. The van der Waals surface area contributed by atoms with Gasteiger partial charge in [0.1, 0.15) is 0 Å². The Labute approximate surface area is 158 Å². The van der Waals surface area contributed by atoms with Crippen molar-refractivity contribution >= 4 is 33.1 Å². The largest absolute Gasteiger partial charge is 0.332 e. The number of fused-ring (bicyclic) bond motifs is 1. The van der Waals surface area contributed by atoms with E-state index in [0.29, 0.717) is 0 Å². The Hall–Kier alpha value is -2.24. The fourth-order valence-electron chi connectivity index (χ4n) is 2.96. The highest BCUT2D eigenvalue weighted by Crippen LogP contribution is 2.24. The van der Waals surface area contributed by atoms with Crippen LogP contribution in [0.25, 0.3) is 10.2 Å². The molecule has 136 valence electrons. The number of quaternary nitrogens is 1. The number of para-hydroxylation sites is 1. The second kappa shape index (κ2) is 7.56. The van der Waals surface area contributed by atoms with Crippen LogP contribution >= 0.6 is 11.3 Å². The summed E-state index contributed by atoms with van der Waals surface area (Å²) >= 11 is 1.73. The number of nitrogens with two attached hydrogens (primary N) is 1. The minimum Gasteiger partial charge on any atom is -0.332 e. The molecule has 0 aliphatic heterocycles. The first-order chi connectivity index (χ1) is 12.3. The summed E-state index contributed by atoms with van der Waals surface area (Å²) < 4.78 is 1.22. The third-order valence-electron chi connectivity index (χ3n) is 4.08. The third kappa shape index (κ3) is 4.90. The van der Waals surface area contributed by atoms with E-state index in [1.807, 2.05) is 37.3 Å². The maximum atomic E-state index is 12.3. The van der Waals surface area contributed by atoms with E-state index in [2.05, 4.69) is 54.6 Å². The van der Waals surface area contributed by atoms with Crippen LogP contribution in [-0.4, -0.2) is 22.5 Å². The van der Waals surface area contributed by atoms with E-state index < -0.39 is 0 Å². The van der Waals surface area contributed by atoms with Gasteiger partial charge in [0, 0.05) is 12.1 Å². The molecule has 26 heavy (non-hydrogen) atoms. The van der Waals surface area contributed by atoms with Gasteiger partial charge in [-0.15, -0.1) is 11.3 Å². The van der Waals surface area contributed by atoms with Gasteiger partial charge in [0.2, 0.25) is 0 Å². The molecule has 1 atom stereocenters. The number of amides is 1. The molecule has 0 aliphatic carbocycles. The van der Waals surface area contributed by atoms with Crippen molar-refractivity contribution in [3.63, 3.8) is 0 Å². The van der Waals surface area contributed by atoms with Crippen LogP contribution < -0.4 is 10.6 Å². The van der Waals surface area contributed by atoms with Crippen molar-refractivity contribution in [2.24, 2.45) is 0 Å². The van der Waals surface area contributed by atoms with Gasteiger partial charge in [0.05, 0.1) is 20.8 Å². The summed E-state index contributed by atoms with van der Waals surface area (Å²) in [6, 6.07) is 16.1. The summed E-state index contributed by atoms with van der Waals surface area (Å²) in [4.78, 5) is 17.0. The number of anilines is 1. The van der Waals surface area contributed by atoms with E-state index in [1.54, 1.807) is 11.3 Å². The molecular weight excluding hydrogens is 342 g/mol. The Morgan fingerprint density at radius 1 is 1.15 bits per heavy atom. The predicted octanol–water partition coefficient (Wildman–Crippen LogP) is 3.58. The summed E-state index contributed by atoms with van der Waals surface area (Å²) in [6.45, 7) is 8.25. The topological polar surface area (TPSA) is 58.6 Å². The molecule has 2 aromatic carbocycles. The maximum Gasteiger partial charge on any atom is 0.282 e. The van der Waals surface area contributed by atoms with Gasteiger partial charge in [-0.3, -0.25) is 4.79 Å². The molecule has 0 unspecified atom stereocenters. The van der Waals surface area contributed by atoms with Crippen molar-refractivity contribution in [2.45, 2.75) is 45.7 Å². The lowest BCUT2D eigenvalue weighted by Crippen LogP contribution is -3.00. The fraction of sp³-hybridized carbons (Fsp3) is 0.333. The summed E-state index contributed by atoms with van der Waals surface area (Å²) in [5.74, 6) is 0.0267. The van der Waals surface area contributed by atoms with Gasteiger partial charge in [-0.05, 0) is 57.5 Å². The zero-order valence-electron chi connectivity index (χ0n) is 15.7. The summed E-state index contributed by atoms with van der Waals surface area (Å²) in [5.41, 5.74) is 3.10. The maximum absolute atomic E-state index is 12.3. The van der Waals surface area contributed by atoms with Crippen molar-refractivity contribution in [1.29, 1.82) is 0 Å². The van der Waals surface area contributed by atoms with E-state index in [0.717, 1.165) is 22.6 Å². The quantitative estimate of drug-likeness (QED) is 0.723. The van der Waals surface area contributed by atoms with E-state index in [1.165, 1.54) is 10.3 Å². The lowest BCUT2D eigenvalue weighted by atomic mass is 10.1. The van der Waals surface area contributed by atoms with Gasteiger partial charge in [0.25, 0.3) is 5.91 Å². The first-order valence-electron chi connectivity index (χ1n) is 8.90. The van der Waals surface area contributed by atoms with Crippen molar-refractivity contribution < 1.29 is 10.1 Å². The Kier molecular flexibility index (Phi) is 5.39. The van der Waals surface area contributed by atoms with Crippen LogP contribution in [0.4, 0.5) is 5.69 Å². The van der Waals surface area contributed by atoms with Crippen LogP contribution in [0, 0.1) is 0 Å². The van der Waals surface area contributed by atoms with E-state index >= 15 is 0 Å². The molecule has 0 saturated carbocycles. The van der Waals surface area contributed by atoms with Crippen LogP contribution in [0.1, 0.15) is 38.3 Å². The standard InChI is InChI=1S/C21H25N3OS/c1-14(24-21(2,3)4)20(25)22-16-11-9-15(10-12-16)13-19-23-17-7-5-6-8-18(17)26-19/h5-12,14,24H,13H2,1-4H3,(H,22,25)/p+1/t14-/m1/s1. The smallest absolute Gasteiger partial charge is 0.282 e. The number of aromatic nitrogens is 1. The minimum absolute atomic E-state index is 0.0257. The Morgan fingerprint density at radius 2 is 1.85 bits per heavy atom. The van der Waals surface area contributed by atoms with Gasteiger partial charge in [-0.25, -0.2) is 4.98 Å². The van der Waals surface area contributed by atoms with Crippen LogP contribution in [0.5, 0.6) is 0 Å². The molecule has 3 rings (SSSR count). The van der Waals surface area contributed by atoms with Crippen molar-refractivity contribution in [3.8, 4) is 0 Å². The van der Waals surface area contributed by atoms with E-state index in [4.69, 9.17) is 0 Å². The van der Waals surface area contributed by atoms with Crippen LogP contribution in [-0.2, 0) is 11.2 Å².